The summed E-state index contributed by atoms with van der Waals surface area (Å²) in [7, 11) is 0. The van der Waals surface area contributed by atoms with Gasteiger partial charge in [0.2, 0.25) is 0 Å². The molecule has 1 aromatic carbocycles. The molecule has 0 aliphatic rings. The first kappa shape index (κ1) is 12.1. The average molecular weight is 210 g/mol. The zero-order chi connectivity index (χ0) is 11.6. The van der Waals surface area contributed by atoms with Gasteiger partial charge in [-0.25, -0.2) is 4.39 Å². The summed E-state index contributed by atoms with van der Waals surface area (Å²) in [5, 5.41) is 0. The highest BCUT2D eigenvalue weighted by Crippen LogP contribution is 2.33. The van der Waals surface area contributed by atoms with E-state index >= 15 is 0 Å². The van der Waals surface area contributed by atoms with Crippen LogP contribution >= 0.6 is 0 Å². The van der Waals surface area contributed by atoms with Gasteiger partial charge in [-0.15, -0.1) is 0 Å². The summed E-state index contributed by atoms with van der Waals surface area (Å²) >= 11 is 0. The molecule has 0 aliphatic carbocycles. The van der Waals surface area contributed by atoms with Crippen molar-refractivity contribution < 1.29 is 4.39 Å². The van der Waals surface area contributed by atoms with Crippen LogP contribution in [0.1, 0.15) is 37.9 Å². The molecule has 1 unspecified atom stereocenters. The molecule has 0 spiro atoms. The summed E-state index contributed by atoms with van der Waals surface area (Å²) in [6.45, 7) is 8.02. The minimum Gasteiger partial charge on any atom is -0.271 e. The summed E-state index contributed by atoms with van der Waals surface area (Å²) in [5.74, 6) is 5.28. The van der Waals surface area contributed by atoms with E-state index in [1.54, 1.807) is 6.07 Å². The zero-order valence-electron chi connectivity index (χ0n) is 9.76. The van der Waals surface area contributed by atoms with E-state index in [1.165, 1.54) is 6.07 Å². The lowest BCUT2D eigenvalue weighted by molar-refractivity contribution is 0.269. The van der Waals surface area contributed by atoms with Crippen molar-refractivity contribution in [2.24, 2.45) is 11.3 Å². The Morgan fingerprint density at radius 3 is 2.40 bits per heavy atom. The standard InChI is InChI=1S/C12H19FN2/c1-8-5-6-10(13)9(7-8)11(15-14)12(2,3)4/h5-7,11,15H,14H2,1-4H3. The van der Waals surface area contributed by atoms with Crippen molar-refractivity contribution in [3.63, 3.8) is 0 Å². The highest BCUT2D eigenvalue weighted by atomic mass is 19.1. The summed E-state index contributed by atoms with van der Waals surface area (Å²) in [5.41, 5.74) is 4.23. The number of hydrogen-bond donors (Lipinski definition) is 2. The van der Waals surface area contributed by atoms with E-state index in [0.29, 0.717) is 5.56 Å². The van der Waals surface area contributed by atoms with E-state index < -0.39 is 0 Å². The largest absolute Gasteiger partial charge is 0.271 e. The fraction of sp³-hybridized carbons (Fsp3) is 0.500. The molecule has 1 atom stereocenters. The molecule has 0 aliphatic heterocycles. The van der Waals surface area contributed by atoms with Crippen LogP contribution in [0.15, 0.2) is 18.2 Å². The van der Waals surface area contributed by atoms with Gasteiger partial charge in [0.15, 0.2) is 0 Å². The van der Waals surface area contributed by atoms with Crippen molar-refractivity contribution >= 4 is 0 Å². The normalized spacial score (nSPS) is 14.0. The second-order valence-electron chi connectivity index (χ2n) is 4.99. The molecule has 0 fully saturated rings. The van der Waals surface area contributed by atoms with Crippen LogP contribution in [-0.2, 0) is 0 Å². The third-order valence-corrected chi connectivity index (χ3v) is 2.50. The first-order valence-corrected chi connectivity index (χ1v) is 5.08. The molecule has 0 saturated heterocycles. The Labute approximate surface area is 90.6 Å². The smallest absolute Gasteiger partial charge is 0.128 e. The zero-order valence-corrected chi connectivity index (χ0v) is 9.76. The molecule has 15 heavy (non-hydrogen) atoms. The van der Waals surface area contributed by atoms with Crippen molar-refractivity contribution in [2.75, 3.05) is 0 Å². The molecule has 2 nitrogen and oxygen atoms in total. The summed E-state index contributed by atoms with van der Waals surface area (Å²) < 4.78 is 13.6. The fourth-order valence-electron chi connectivity index (χ4n) is 1.69. The second-order valence-corrected chi connectivity index (χ2v) is 4.99. The van der Waals surface area contributed by atoms with Gasteiger partial charge in [0, 0.05) is 5.56 Å². The molecule has 0 heterocycles. The molecule has 0 saturated carbocycles. The maximum atomic E-state index is 13.6. The third-order valence-electron chi connectivity index (χ3n) is 2.50. The van der Waals surface area contributed by atoms with Gasteiger partial charge in [0.05, 0.1) is 6.04 Å². The van der Waals surface area contributed by atoms with Gasteiger partial charge in [-0.3, -0.25) is 11.3 Å². The molecular weight excluding hydrogens is 191 g/mol. The minimum absolute atomic E-state index is 0.122. The molecular formula is C12H19FN2. The van der Waals surface area contributed by atoms with Crippen LogP contribution in [0.5, 0.6) is 0 Å². The molecule has 1 rings (SSSR count). The molecule has 84 valence electrons. The fourth-order valence-corrected chi connectivity index (χ4v) is 1.69. The molecule has 1 aromatic rings. The van der Waals surface area contributed by atoms with Crippen LogP contribution in [0.25, 0.3) is 0 Å². The van der Waals surface area contributed by atoms with E-state index in [2.05, 4.69) is 5.43 Å². The number of benzene rings is 1. The molecule has 3 N–H and O–H groups in total. The van der Waals surface area contributed by atoms with E-state index in [4.69, 9.17) is 5.84 Å². The minimum atomic E-state index is -0.210. The molecule has 3 heteroatoms. The van der Waals surface area contributed by atoms with Crippen LogP contribution in [-0.4, -0.2) is 0 Å². The molecule has 0 amide bonds. The Kier molecular flexibility index (Phi) is 3.47. The van der Waals surface area contributed by atoms with Crippen LogP contribution < -0.4 is 11.3 Å². The van der Waals surface area contributed by atoms with Crippen LogP contribution in [0, 0.1) is 18.2 Å². The summed E-state index contributed by atoms with van der Waals surface area (Å²) in [6, 6.07) is 4.90. The van der Waals surface area contributed by atoms with Gasteiger partial charge in [-0.2, -0.15) is 0 Å². The van der Waals surface area contributed by atoms with Crippen LogP contribution in [0.2, 0.25) is 0 Å². The maximum Gasteiger partial charge on any atom is 0.128 e. The predicted molar refractivity (Wildman–Crippen MR) is 60.7 cm³/mol. The molecule has 0 bridgehead atoms. The van der Waals surface area contributed by atoms with Gasteiger partial charge in [0.25, 0.3) is 0 Å². The van der Waals surface area contributed by atoms with Crippen molar-refractivity contribution in [3.05, 3.63) is 35.1 Å². The van der Waals surface area contributed by atoms with Gasteiger partial charge in [0.1, 0.15) is 5.82 Å². The van der Waals surface area contributed by atoms with Gasteiger partial charge >= 0.3 is 0 Å². The van der Waals surface area contributed by atoms with Crippen LogP contribution in [0.4, 0.5) is 4.39 Å². The monoisotopic (exact) mass is 210 g/mol. The molecule has 0 aromatic heterocycles. The number of halogens is 1. The Morgan fingerprint density at radius 1 is 1.33 bits per heavy atom. The highest BCUT2D eigenvalue weighted by molar-refractivity contribution is 5.27. The van der Waals surface area contributed by atoms with E-state index in [9.17, 15) is 4.39 Å². The van der Waals surface area contributed by atoms with Gasteiger partial charge < -0.3 is 0 Å². The van der Waals surface area contributed by atoms with E-state index in [1.807, 2.05) is 33.8 Å². The SMILES string of the molecule is Cc1ccc(F)c(C(NN)C(C)(C)C)c1. The van der Waals surface area contributed by atoms with Gasteiger partial charge in [-0.05, 0) is 18.4 Å². The van der Waals surface area contributed by atoms with Crippen molar-refractivity contribution in [1.82, 2.24) is 5.43 Å². The lowest BCUT2D eigenvalue weighted by Gasteiger charge is -2.30. The summed E-state index contributed by atoms with van der Waals surface area (Å²) in [4.78, 5) is 0. The topological polar surface area (TPSA) is 38.0 Å². The maximum absolute atomic E-state index is 13.6. The Bertz CT molecular complexity index is 342. The van der Waals surface area contributed by atoms with Crippen molar-refractivity contribution in [2.45, 2.75) is 33.7 Å². The Morgan fingerprint density at radius 2 is 1.93 bits per heavy atom. The average Bonchev–Trinajstić information content (AvgIpc) is 2.10. The lowest BCUT2D eigenvalue weighted by Crippen LogP contribution is -2.37. The Hall–Kier alpha value is -0.930. The first-order chi connectivity index (χ1) is 6.86. The first-order valence-electron chi connectivity index (χ1n) is 5.08. The summed E-state index contributed by atoms with van der Waals surface area (Å²) in [6.07, 6.45) is 0. The predicted octanol–water partition coefficient (Wildman–Crippen LogP) is 2.68. The number of nitrogens with two attached hydrogens (primary N) is 1. The van der Waals surface area contributed by atoms with Crippen molar-refractivity contribution in [3.8, 4) is 0 Å². The van der Waals surface area contributed by atoms with Crippen LogP contribution in [0.3, 0.4) is 0 Å². The quantitative estimate of drug-likeness (QED) is 0.582. The number of nitrogens with one attached hydrogen (secondary N) is 1. The third kappa shape index (κ3) is 2.76. The number of aryl methyl sites for hydroxylation is 1. The van der Waals surface area contributed by atoms with E-state index in [-0.39, 0.29) is 17.3 Å². The number of rotatable bonds is 2. The highest BCUT2D eigenvalue weighted by Gasteiger charge is 2.27. The van der Waals surface area contributed by atoms with E-state index in [0.717, 1.165) is 5.56 Å². The molecule has 0 radical (unpaired) electrons. The van der Waals surface area contributed by atoms with Crippen molar-refractivity contribution in [1.29, 1.82) is 0 Å². The van der Waals surface area contributed by atoms with Gasteiger partial charge in [-0.1, -0.05) is 38.5 Å². The Balaban J connectivity index is 3.18. The number of hydrogen-bond acceptors (Lipinski definition) is 2. The lowest BCUT2D eigenvalue weighted by atomic mass is 9.82. The second kappa shape index (κ2) is 4.29. The number of hydrazine groups is 1.